The summed E-state index contributed by atoms with van der Waals surface area (Å²) < 4.78 is 0. The molecule has 2 rings (SSSR count). The number of anilines is 1. The van der Waals surface area contributed by atoms with E-state index in [1.807, 2.05) is 30.3 Å². The second-order valence-corrected chi connectivity index (χ2v) is 5.44. The summed E-state index contributed by atoms with van der Waals surface area (Å²) in [6, 6.07) is 16.2. The molecule has 2 aromatic carbocycles. The highest BCUT2D eigenvalue weighted by Crippen LogP contribution is 2.25. The summed E-state index contributed by atoms with van der Waals surface area (Å²) in [5.41, 5.74) is 2.80. The molecule has 0 unspecified atom stereocenters. The van der Waals surface area contributed by atoms with Crippen LogP contribution < -0.4 is 4.90 Å². The maximum Gasteiger partial charge on any atom is 0.151 e. The molecule has 0 N–H and O–H groups in total. The molecule has 0 saturated heterocycles. The second kappa shape index (κ2) is 6.58. The molecule has 20 heavy (non-hydrogen) atoms. The van der Waals surface area contributed by atoms with Crippen LogP contribution in [0.2, 0.25) is 5.02 Å². The van der Waals surface area contributed by atoms with E-state index in [-0.39, 0.29) is 0 Å². The number of carbonyl (C=O) groups excluding carboxylic acids is 1. The lowest BCUT2D eigenvalue weighted by atomic mass is 10.1. The van der Waals surface area contributed by atoms with Gasteiger partial charge in [0.1, 0.15) is 0 Å². The van der Waals surface area contributed by atoms with Crippen molar-refractivity contribution in [1.29, 1.82) is 0 Å². The Balaban J connectivity index is 2.29. The average molecular weight is 288 g/mol. The molecule has 2 aromatic rings. The number of rotatable bonds is 5. The zero-order valence-electron chi connectivity index (χ0n) is 11.7. The number of halogens is 1. The summed E-state index contributed by atoms with van der Waals surface area (Å²) in [7, 11) is 0. The van der Waals surface area contributed by atoms with Crippen molar-refractivity contribution in [2.45, 2.75) is 26.4 Å². The number of hydrogen-bond acceptors (Lipinski definition) is 2. The highest BCUT2D eigenvalue weighted by Gasteiger charge is 2.12. The van der Waals surface area contributed by atoms with Gasteiger partial charge in [-0.2, -0.15) is 0 Å². The molecule has 104 valence electrons. The number of nitrogens with zero attached hydrogens (tertiary/aromatic N) is 1. The molecule has 0 spiro atoms. The van der Waals surface area contributed by atoms with E-state index in [0.29, 0.717) is 16.6 Å². The molecule has 0 heterocycles. The Labute approximate surface area is 125 Å². The summed E-state index contributed by atoms with van der Waals surface area (Å²) in [6.07, 6.45) is 0.781. The van der Waals surface area contributed by atoms with Crippen LogP contribution in [0.25, 0.3) is 0 Å². The van der Waals surface area contributed by atoms with Gasteiger partial charge in [-0.15, -0.1) is 0 Å². The largest absolute Gasteiger partial charge is 0.365 e. The predicted octanol–water partition coefficient (Wildman–Crippen LogP) is 4.57. The van der Waals surface area contributed by atoms with E-state index >= 15 is 0 Å². The highest BCUT2D eigenvalue weighted by atomic mass is 35.5. The van der Waals surface area contributed by atoms with Crippen LogP contribution in [0, 0.1) is 0 Å². The lowest BCUT2D eigenvalue weighted by Crippen LogP contribution is -2.30. The number of carbonyl (C=O) groups is 1. The maximum atomic E-state index is 10.8. The summed E-state index contributed by atoms with van der Waals surface area (Å²) in [5, 5.41) is 0.496. The van der Waals surface area contributed by atoms with Crippen LogP contribution >= 0.6 is 11.6 Å². The third-order valence-electron chi connectivity index (χ3n) is 3.26. The fourth-order valence-corrected chi connectivity index (χ4v) is 2.36. The van der Waals surface area contributed by atoms with Crippen molar-refractivity contribution < 1.29 is 4.79 Å². The van der Waals surface area contributed by atoms with E-state index in [4.69, 9.17) is 11.6 Å². The topological polar surface area (TPSA) is 20.3 Å². The predicted molar refractivity (Wildman–Crippen MR) is 84.6 cm³/mol. The van der Waals surface area contributed by atoms with E-state index in [1.54, 1.807) is 6.07 Å². The van der Waals surface area contributed by atoms with Crippen molar-refractivity contribution in [3.8, 4) is 0 Å². The van der Waals surface area contributed by atoms with Crippen molar-refractivity contribution in [2.24, 2.45) is 0 Å². The smallest absolute Gasteiger partial charge is 0.151 e. The van der Waals surface area contributed by atoms with Crippen LogP contribution in [0.1, 0.15) is 29.8 Å². The van der Waals surface area contributed by atoms with E-state index in [0.717, 1.165) is 18.5 Å². The molecule has 0 aliphatic rings. The second-order valence-electron chi connectivity index (χ2n) is 5.03. The maximum absolute atomic E-state index is 10.8. The van der Waals surface area contributed by atoms with Crippen LogP contribution in [0.15, 0.2) is 48.5 Å². The van der Waals surface area contributed by atoms with Gasteiger partial charge in [-0.1, -0.05) is 41.9 Å². The summed E-state index contributed by atoms with van der Waals surface area (Å²) in [6.45, 7) is 5.10. The first-order valence-electron chi connectivity index (χ1n) is 6.67. The summed E-state index contributed by atoms with van der Waals surface area (Å²) in [5.74, 6) is 0. The lowest BCUT2D eigenvalue weighted by Gasteiger charge is -2.29. The van der Waals surface area contributed by atoms with Crippen LogP contribution in [-0.4, -0.2) is 12.3 Å². The molecule has 0 atom stereocenters. The van der Waals surface area contributed by atoms with E-state index < -0.39 is 0 Å². The van der Waals surface area contributed by atoms with Gasteiger partial charge in [-0.25, -0.2) is 0 Å². The molecule has 0 aliphatic carbocycles. The van der Waals surface area contributed by atoms with Gasteiger partial charge >= 0.3 is 0 Å². The third-order valence-corrected chi connectivity index (χ3v) is 3.59. The molecular formula is C17H18ClNO. The minimum absolute atomic E-state index is 0.341. The van der Waals surface area contributed by atoms with Crippen molar-refractivity contribution in [1.82, 2.24) is 0 Å². The fourth-order valence-electron chi connectivity index (χ4n) is 2.14. The van der Waals surface area contributed by atoms with Gasteiger partial charge in [0.2, 0.25) is 0 Å². The number of hydrogen-bond donors (Lipinski definition) is 0. The first kappa shape index (κ1) is 14.6. The van der Waals surface area contributed by atoms with Gasteiger partial charge in [-0.05, 0) is 37.6 Å². The van der Waals surface area contributed by atoms with Crippen molar-refractivity contribution in [3.05, 3.63) is 64.7 Å². The van der Waals surface area contributed by atoms with Crippen molar-refractivity contribution in [2.75, 3.05) is 4.90 Å². The molecular weight excluding hydrogens is 270 g/mol. The Morgan fingerprint density at radius 2 is 1.85 bits per heavy atom. The van der Waals surface area contributed by atoms with Crippen LogP contribution in [0.4, 0.5) is 5.69 Å². The molecule has 0 radical (unpaired) electrons. The number of benzene rings is 2. The minimum atomic E-state index is 0.341. The molecule has 0 bridgehead atoms. The molecule has 0 amide bonds. The molecule has 0 fully saturated rings. The fraction of sp³-hybridized carbons (Fsp3) is 0.235. The zero-order valence-corrected chi connectivity index (χ0v) is 12.5. The number of aldehydes is 1. The van der Waals surface area contributed by atoms with Crippen molar-refractivity contribution >= 4 is 23.6 Å². The Kier molecular flexibility index (Phi) is 4.80. The monoisotopic (exact) mass is 287 g/mol. The van der Waals surface area contributed by atoms with Gasteiger partial charge in [0.05, 0.1) is 5.02 Å². The van der Waals surface area contributed by atoms with E-state index in [9.17, 15) is 4.79 Å². The van der Waals surface area contributed by atoms with Gasteiger partial charge in [0, 0.05) is 23.8 Å². The quantitative estimate of drug-likeness (QED) is 0.751. The Morgan fingerprint density at radius 3 is 2.40 bits per heavy atom. The Bertz CT molecular complexity index is 581. The van der Waals surface area contributed by atoms with Gasteiger partial charge in [0.15, 0.2) is 6.29 Å². The average Bonchev–Trinajstić information content (AvgIpc) is 2.45. The van der Waals surface area contributed by atoms with Crippen LogP contribution in [-0.2, 0) is 6.54 Å². The Hall–Kier alpha value is -1.80. The van der Waals surface area contributed by atoms with Gasteiger partial charge < -0.3 is 4.90 Å². The molecule has 3 heteroatoms. The van der Waals surface area contributed by atoms with Crippen LogP contribution in [0.5, 0.6) is 0 Å². The van der Waals surface area contributed by atoms with Gasteiger partial charge in [0.25, 0.3) is 0 Å². The Morgan fingerprint density at radius 1 is 1.15 bits per heavy atom. The normalized spacial score (nSPS) is 10.6. The minimum Gasteiger partial charge on any atom is -0.365 e. The first-order chi connectivity index (χ1) is 9.61. The van der Waals surface area contributed by atoms with Crippen LogP contribution in [0.3, 0.4) is 0 Å². The SMILES string of the molecule is CC(C)N(Cc1ccccc1)c1ccc(C=O)c(Cl)c1. The molecule has 0 saturated carbocycles. The summed E-state index contributed by atoms with van der Waals surface area (Å²) >= 11 is 6.12. The van der Waals surface area contributed by atoms with E-state index in [1.165, 1.54) is 5.56 Å². The third kappa shape index (κ3) is 3.40. The first-order valence-corrected chi connectivity index (χ1v) is 7.05. The zero-order chi connectivity index (χ0) is 14.5. The highest BCUT2D eigenvalue weighted by molar-refractivity contribution is 6.33. The molecule has 0 aromatic heterocycles. The summed E-state index contributed by atoms with van der Waals surface area (Å²) in [4.78, 5) is 13.1. The van der Waals surface area contributed by atoms with Crippen molar-refractivity contribution in [3.63, 3.8) is 0 Å². The standard InChI is InChI=1S/C17H18ClNO/c1-13(2)19(11-14-6-4-3-5-7-14)16-9-8-15(12-20)17(18)10-16/h3-10,12-13H,11H2,1-2H3. The lowest BCUT2D eigenvalue weighted by molar-refractivity contribution is 0.112. The molecule has 2 nitrogen and oxygen atoms in total. The van der Waals surface area contributed by atoms with E-state index in [2.05, 4.69) is 30.9 Å². The molecule has 0 aliphatic heterocycles. The van der Waals surface area contributed by atoms with Gasteiger partial charge in [-0.3, -0.25) is 4.79 Å².